The van der Waals surface area contributed by atoms with Crippen molar-refractivity contribution in [1.29, 1.82) is 0 Å². The number of rotatable bonds is 5. The Labute approximate surface area is 136 Å². The van der Waals surface area contributed by atoms with Gasteiger partial charge in [0.05, 0.1) is 18.0 Å². The summed E-state index contributed by atoms with van der Waals surface area (Å²) in [5.41, 5.74) is 1.51. The van der Waals surface area contributed by atoms with Gasteiger partial charge in [-0.05, 0) is 37.3 Å². The van der Waals surface area contributed by atoms with Gasteiger partial charge in [-0.25, -0.2) is 0 Å². The van der Waals surface area contributed by atoms with E-state index in [-0.39, 0.29) is 12.5 Å². The zero-order chi connectivity index (χ0) is 16.0. The number of benzene rings is 1. The van der Waals surface area contributed by atoms with Crippen LogP contribution < -0.4 is 0 Å². The molecule has 0 bridgehead atoms. The topological polar surface area (TPSA) is 60.8 Å². The summed E-state index contributed by atoms with van der Waals surface area (Å²) >= 11 is 1.63. The van der Waals surface area contributed by atoms with Crippen LogP contribution >= 0.6 is 11.8 Å². The molecule has 1 aromatic rings. The van der Waals surface area contributed by atoms with E-state index in [1.54, 1.807) is 11.8 Å². The first-order valence-corrected chi connectivity index (χ1v) is 8.93. The van der Waals surface area contributed by atoms with Gasteiger partial charge in [-0.2, -0.15) is 0 Å². The minimum absolute atomic E-state index is 0.126. The SMILES string of the molecule is Cc1ccccc1CSCC(=O)N1CCC[C@@](O)(CO)CC1. The van der Waals surface area contributed by atoms with Crippen molar-refractivity contribution in [3.63, 3.8) is 0 Å². The Kier molecular flexibility index (Phi) is 6.29. The lowest BCUT2D eigenvalue weighted by atomic mass is 9.96. The lowest BCUT2D eigenvalue weighted by Gasteiger charge is -2.24. The van der Waals surface area contributed by atoms with E-state index in [1.807, 2.05) is 17.0 Å². The van der Waals surface area contributed by atoms with Crippen molar-refractivity contribution in [1.82, 2.24) is 4.90 Å². The normalized spacial score (nSPS) is 22.4. The molecule has 1 aliphatic rings. The van der Waals surface area contributed by atoms with E-state index in [9.17, 15) is 15.0 Å². The van der Waals surface area contributed by atoms with E-state index >= 15 is 0 Å². The second-order valence-corrected chi connectivity index (χ2v) is 7.02. The summed E-state index contributed by atoms with van der Waals surface area (Å²) in [6, 6.07) is 8.23. The van der Waals surface area contributed by atoms with Crippen LogP contribution in [0, 0.1) is 6.92 Å². The van der Waals surface area contributed by atoms with E-state index in [2.05, 4.69) is 19.1 Å². The third-order valence-corrected chi connectivity index (χ3v) is 5.27. The molecule has 0 aromatic heterocycles. The smallest absolute Gasteiger partial charge is 0.232 e. The van der Waals surface area contributed by atoms with Crippen LogP contribution in [0.4, 0.5) is 0 Å². The largest absolute Gasteiger partial charge is 0.393 e. The number of thioether (sulfide) groups is 1. The number of hydrogen-bond donors (Lipinski definition) is 2. The van der Waals surface area contributed by atoms with Crippen molar-refractivity contribution in [3.8, 4) is 0 Å². The zero-order valence-corrected chi connectivity index (χ0v) is 13.9. The van der Waals surface area contributed by atoms with Crippen LogP contribution in [0.15, 0.2) is 24.3 Å². The maximum Gasteiger partial charge on any atom is 0.232 e. The first-order chi connectivity index (χ1) is 10.5. The lowest BCUT2D eigenvalue weighted by Crippen LogP contribution is -2.37. The fraction of sp³-hybridized carbons (Fsp3) is 0.588. The molecule has 5 heteroatoms. The van der Waals surface area contributed by atoms with Crippen molar-refractivity contribution in [2.75, 3.05) is 25.4 Å². The molecule has 1 aliphatic heterocycles. The van der Waals surface area contributed by atoms with Gasteiger partial charge in [-0.15, -0.1) is 11.8 Å². The van der Waals surface area contributed by atoms with Crippen LogP contribution in [-0.2, 0) is 10.5 Å². The monoisotopic (exact) mass is 323 g/mol. The van der Waals surface area contributed by atoms with Gasteiger partial charge in [0.15, 0.2) is 0 Å². The Balaban J connectivity index is 1.79. The number of aliphatic hydroxyl groups excluding tert-OH is 1. The van der Waals surface area contributed by atoms with Crippen molar-refractivity contribution in [2.45, 2.75) is 37.5 Å². The summed E-state index contributed by atoms with van der Waals surface area (Å²) < 4.78 is 0. The van der Waals surface area contributed by atoms with Crippen LogP contribution in [-0.4, -0.2) is 52.1 Å². The second-order valence-electron chi connectivity index (χ2n) is 6.04. The maximum absolute atomic E-state index is 12.3. The molecule has 0 spiro atoms. The summed E-state index contributed by atoms with van der Waals surface area (Å²) in [5, 5.41) is 19.4. The number of hydrogen-bond acceptors (Lipinski definition) is 4. The minimum atomic E-state index is -1.01. The average molecular weight is 323 g/mol. The molecule has 1 heterocycles. The number of amides is 1. The predicted octanol–water partition coefficient (Wildman–Crippen LogP) is 1.96. The van der Waals surface area contributed by atoms with E-state index in [1.165, 1.54) is 11.1 Å². The number of likely N-dealkylation sites (tertiary alicyclic amines) is 1. The Hall–Kier alpha value is -1.04. The highest BCUT2D eigenvalue weighted by molar-refractivity contribution is 7.99. The number of carbonyl (C=O) groups is 1. The number of carbonyl (C=O) groups excluding carboxylic acids is 1. The van der Waals surface area contributed by atoms with Crippen LogP contribution in [0.2, 0.25) is 0 Å². The highest BCUT2D eigenvalue weighted by atomic mass is 32.2. The van der Waals surface area contributed by atoms with Gasteiger partial charge in [-0.1, -0.05) is 24.3 Å². The molecule has 2 N–H and O–H groups in total. The highest BCUT2D eigenvalue weighted by Gasteiger charge is 2.30. The van der Waals surface area contributed by atoms with Gasteiger partial charge in [0, 0.05) is 18.8 Å². The minimum Gasteiger partial charge on any atom is -0.393 e. The molecule has 2 rings (SSSR count). The molecule has 1 saturated heterocycles. The fourth-order valence-electron chi connectivity index (χ4n) is 2.70. The predicted molar refractivity (Wildman–Crippen MR) is 89.8 cm³/mol. The van der Waals surface area contributed by atoms with Gasteiger partial charge < -0.3 is 15.1 Å². The van der Waals surface area contributed by atoms with Gasteiger partial charge in [0.1, 0.15) is 0 Å². The molecule has 122 valence electrons. The van der Waals surface area contributed by atoms with Gasteiger partial charge >= 0.3 is 0 Å². The second kappa shape index (κ2) is 7.99. The van der Waals surface area contributed by atoms with Crippen LogP contribution in [0.1, 0.15) is 30.4 Å². The van der Waals surface area contributed by atoms with Crippen LogP contribution in [0.5, 0.6) is 0 Å². The molecule has 22 heavy (non-hydrogen) atoms. The first kappa shape index (κ1) is 17.3. The van der Waals surface area contributed by atoms with E-state index in [0.29, 0.717) is 31.7 Å². The molecule has 1 amide bonds. The Morgan fingerprint density at radius 1 is 1.32 bits per heavy atom. The van der Waals surface area contributed by atoms with Crippen molar-refractivity contribution in [2.24, 2.45) is 0 Å². The van der Waals surface area contributed by atoms with Crippen molar-refractivity contribution < 1.29 is 15.0 Å². The molecule has 0 aliphatic carbocycles. The molecule has 1 aromatic carbocycles. The zero-order valence-electron chi connectivity index (χ0n) is 13.1. The summed E-state index contributed by atoms with van der Waals surface area (Å²) in [4.78, 5) is 14.1. The van der Waals surface area contributed by atoms with Gasteiger partial charge in [0.25, 0.3) is 0 Å². The molecule has 1 fully saturated rings. The summed E-state index contributed by atoms with van der Waals surface area (Å²) in [7, 11) is 0. The molecular formula is C17H25NO3S. The van der Waals surface area contributed by atoms with Gasteiger partial charge in [-0.3, -0.25) is 4.79 Å². The van der Waals surface area contributed by atoms with Crippen molar-refractivity contribution >= 4 is 17.7 Å². The van der Waals surface area contributed by atoms with E-state index in [0.717, 1.165) is 12.2 Å². The Bertz CT molecular complexity index is 508. The van der Waals surface area contributed by atoms with E-state index in [4.69, 9.17) is 0 Å². The molecule has 1 atom stereocenters. The lowest BCUT2D eigenvalue weighted by molar-refractivity contribution is -0.128. The molecule has 0 saturated carbocycles. The van der Waals surface area contributed by atoms with Crippen LogP contribution in [0.25, 0.3) is 0 Å². The van der Waals surface area contributed by atoms with Gasteiger partial charge in [0.2, 0.25) is 5.91 Å². The highest BCUT2D eigenvalue weighted by Crippen LogP contribution is 2.23. The summed E-state index contributed by atoms with van der Waals surface area (Å²) in [6.07, 6.45) is 1.76. The third-order valence-electron chi connectivity index (χ3n) is 4.31. The fourth-order valence-corrected chi connectivity index (χ4v) is 3.70. The summed E-state index contributed by atoms with van der Waals surface area (Å²) in [6.45, 7) is 3.06. The molecule has 4 nitrogen and oxygen atoms in total. The number of aliphatic hydroxyl groups is 2. The third kappa shape index (κ3) is 4.73. The standard InChI is InChI=1S/C17H25NO3S/c1-14-5-2-3-6-15(14)11-22-12-16(20)18-9-4-7-17(21,13-19)8-10-18/h2-3,5-6,19,21H,4,7-13H2,1H3/t17-/m0/s1. The Morgan fingerprint density at radius 2 is 2.09 bits per heavy atom. The number of aryl methyl sites for hydroxylation is 1. The average Bonchev–Trinajstić information content (AvgIpc) is 2.72. The molecule has 0 unspecified atom stereocenters. The maximum atomic E-state index is 12.3. The summed E-state index contributed by atoms with van der Waals surface area (Å²) in [5.74, 6) is 1.43. The van der Waals surface area contributed by atoms with Crippen LogP contribution in [0.3, 0.4) is 0 Å². The van der Waals surface area contributed by atoms with Crippen molar-refractivity contribution in [3.05, 3.63) is 35.4 Å². The molecular weight excluding hydrogens is 298 g/mol. The molecule has 0 radical (unpaired) electrons. The number of nitrogens with zero attached hydrogens (tertiary/aromatic N) is 1. The quantitative estimate of drug-likeness (QED) is 0.870. The Morgan fingerprint density at radius 3 is 2.82 bits per heavy atom. The first-order valence-electron chi connectivity index (χ1n) is 7.77. The van der Waals surface area contributed by atoms with E-state index < -0.39 is 5.60 Å².